The minimum atomic E-state index is 0. The summed E-state index contributed by atoms with van der Waals surface area (Å²) >= 11 is 10.7. The second kappa shape index (κ2) is 7.77. The number of thioether (sulfide) groups is 1. The van der Waals surface area contributed by atoms with Crippen molar-refractivity contribution in [3.8, 4) is 11.4 Å². The Bertz CT molecular complexity index is 892. The lowest BCUT2D eigenvalue weighted by molar-refractivity contribution is -0.635. The standard InChI is InChI=1S/C16H17N2S4.HI/c1-10-8-21-15(19)17(10)13-6-5-7-14(12(13)3)18-11(2)9-22-16(18)20-4;/h5-9H,1-4H3;1H/q+1;/p-1. The van der Waals surface area contributed by atoms with E-state index in [0.717, 1.165) is 3.95 Å². The van der Waals surface area contributed by atoms with Crippen molar-refractivity contribution in [1.82, 2.24) is 4.57 Å². The molecule has 0 bridgehead atoms. The molecule has 0 fully saturated rings. The van der Waals surface area contributed by atoms with Gasteiger partial charge in [0.05, 0.1) is 11.1 Å². The number of benzene rings is 1. The van der Waals surface area contributed by atoms with Gasteiger partial charge in [0, 0.05) is 29.6 Å². The number of hydrogen-bond acceptors (Lipinski definition) is 4. The maximum atomic E-state index is 5.50. The van der Waals surface area contributed by atoms with E-state index in [1.807, 2.05) is 0 Å². The molecule has 7 heteroatoms. The van der Waals surface area contributed by atoms with Crippen LogP contribution < -0.4 is 28.5 Å². The third-order valence-corrected chi connectivity index (χ3v) is 7.14. The van der Waals surface area contributed by atoms with Crippen molar-refractivity contribution in [3.63, 3.8) is 0 Å². The fourth-order valence-corrected chi connectivity index (χ4v) is 5.37. The van der Waals surface area contributed by atoms with E-state index in [0.29, 0.717) is 0 Å². The molecule has 2 aromatic heterocycles. The molecular formula is C16H17IN2S4. The number of aromatic nitrogens is 2. The van der Waals surface area contributed by atoms with Gasteiger partial charge in [-0.3, -0.25) is 4.57 Å². The van der Waals surface area contributed by atoms with Crippen LogP contribution in [0.3, 0.4) is 0 Å². The molecule has 1 aromatic carbocycles. The Balaban J connectivity index is 0.00000192. The molecule has 0 aliphatic heterocycles. The van der Waals surface area contributed by atoms with Crippen molar-refractivity contribution in [3.05, 3.63) is 49.9 Å². The van der Waals surface area contributed by atoms with Crippen LogP contribution in [0.15, 0.2) is 33.3 Å². The highest BCUT2D eigenvalue weighted by molar-refractivity contribution is 8.00. The van der Waals surface area contributed by atoms with Crippen LogP contribution in [0.25, 0.3) is 11.4 Å². The van der Waals surface area contributed by atoms with Crippen LogP contribution in [0.5, 0.6) is 0 Å². The molecule has 3 rings (SSSR count). The van der Waals surface area contributed by atoms with E-state index in [2.05, 4.69) is 65.1 Å². The van der Waals surface area contributed by atoms with Gasteiger partial charge in [-0.2, -0.15) is 0 Å². The number of rotatable bonds is 3. The van der Waals surface area contributed by atoms with Crippen LogP contribution in [-0.4, -0.2) is 10.8 Å². The van der Waals surface area contributed by atoms with Gasteiger partial charge in [0.2, 0.25) is 5.69 Å². The Labute approximate surface area is 171 Å². The van der Waals surface area contributed by atoms with Crippen molar-refractivity contribution in [1.29, 1.82) is 0 Å². The zero-order chi connectivity index (χ0) is 15.9. The zero-order valence-corrected chi connectivity index (χ0v) is 18.7. The lowest BCUT2D eigenvalue weighted by Crippen LogP contribution is -3.00. The summed E-state index contributed by atoms with van der Waals surface area (Å²) in [5.74, 6) is 0. The van der Waals surface area contributed by atoms with Gasteiger partial charge in [-0.25, -0.2) is 0 Å². The van der Waals surface area contributed by atoms with Crippen molar-refractivity contribution >= 4 is 46.7 Å². The highest BCUT2D eigenvalue weighted by Gasteiger charge is 2.23. The summed E-state index contributed by atoms with van der Waals surface area (Å²) in [5.41, 5.74) is 6.11. The molecule has 0 unspecified atom stereocenters. The van der Waals surface area contributed by atoms with Crippen LogP contribution in [0.2, 0.25) is 0 Å². The highest BCUT2D eigenvalue weighted by atomic mass is 127. The number of halogens is 1. The molecule has 0 N–H and O–H groups in total. The molecule has 0 spiro atoms. The van der Waals surface area contributed by atoms with Crippen molar-refractivity contribution in [2.24, 2.45) is 0 Å². The average molecular weight is 492 g/mol. The smallest absolute Gasteiger partial charge is 0.303 e. The molecule has 0 amide bonds. The maximum Gasteiger partial charge on any atom is 0.303 e. The molecule has 3 aromatic rings. The van der Waals surface area contributed by atoms with Gasteiger partial charge in [-0.1, -0.05) is 17.4 Å². The molecule has 2 nitrogen and oxygen atoms in total. The second-order valence-corrected chi connectivity index (χ2v) is 8.50. The number of hydrogen-bond donors (Lipinski definition) is 0. The molecule has 0 aliphatic rings. The largest absolute Gasteiger partial charge is 1.00 e. The fraction of sp³-hybridized carbons (Fsp3) is 0.250. The molecular weight excluding hydrogens is 475 g/mol. The van der Waals surface area contributed by atoms with Crippen molar-refractivity contribution in [2.75, 3.05) is 6.26 Å². The second-order valence-electron chi connectivity index (χ2n) is 5.08. The molecule has 0 aliphatic carbocycles. The van der Waals surface area contributed by atoms with Gasteiger partial charge >= 0.3 is 4.34 Å². The summed E-state index contributed by atoms with van der Waals surface area (Å²) in [6.45, 7) is 6.44. The molecule has 122 valence electrons. The SMILES string of the molecule is CSc1scc(C)[n+]1-c1cccc(-n2c(C)csc2=S)c1C.[I-]. The van der Waals surface area contributed by atoms with Crippen LogP contribution in [0.1, 0.15) is 17.0 Å². The summed E-state index contributed by atoms with van der Waals surface area (Å²) in [4.78, 5) is 0. The Hall–Kier alpha value is -0.220. The quantitative estimate of drug-likeness (QED) is 0.240. The normalized spacial score (nSPS) is 10.6. The first-order valence-electron chi connectivity index (χ1n) is 6.86. The lowest BCUT2D eigenvalue weighted by atomic mass is 10.1. The van der Waals surface area contributed by atoms with E-state index in [9.17, 15) is 0 Å². The van der Waals surface area contributed by atoms with Crippen molar-refractivity contribution < 1.29 is 28.5 Å². The van der Waals surface area contributed by atoms with Gasteiger partial charge in [-0.15, -0.1) is 15.9 Å². The lowest BCUT2D eigenvalue weighted by Gasteiger charge is -2.11. The zero-order valence-electron chi connectivity index (χ0n) is 13.3. The van der Waals surface area contributed by atoms with Gasteiger partial charge in [0.25, 0.3) is 0 Å². The minimum absolute atomic E-state index is 0. The molecule has 23 heavy (non-hydrogen) atoms. The van der Waals surface area contributed by atoms with Crippen molar-refractivity contribution in [2.45, 2.75) is 25.1 Å². The first-order chi connectivity index (χ1) is 10.5. The number of aryl methyl sites for hydroxylation is 2. The first kappa shape index (κ1) is 19.1. The molecule has 0 atom stereocenters. The first-order valence-corrected chi connectivity index (χ1v) is 10.3. The molecule has 0 radical (unpaired) electrons. The predicted octanol–water partition coefficient (Wildman–Crippen LogP) is 2.26. The summed E-state index contributed by atoms with van der Waals surface area (Å²) in [6.07, 6.45) is 2.13. The van der Waals surface area contributed by atoms with E-state index in [4.69, 9.17) is 12.2 Å². The Morgan fingerprint density at radius 1 is 1.13 bits per heavy atom. The molecule has 2 heterocycles. The summed E-state index contributed by atoms with van der Waals surface area (Å²) in [6, 6.07) is 6.45. The van der Waals surface area contributed by atoms with E-state index in [-0.39, 0.29) is 24.0 Å². The fourth-order valence-electron chi connectivity index (χ4n) is 2.58. The van der Waals surface area contributed by atoms with E-state index in [1.165, 1.54) is 32.7 Å². The van der Waals surface area contributed by atoms with E-state index >= 15 is 0 Å². The third-order valence-electron chi connectivity index (χ3n) is 3.66. The summed E-state index contributed by atoms with van der Waals surface area (Å²) < 4.78 is 6.69. The predicted molar refractivity (Wildman–Crippen MR) is 99.9 cm³/mol. The van der Waals surface area contributed by atoms with Crippen LogP contribution in [0.4, 0.5) is 0 Å². The van der Waals surface area contributed by atoms with Gasteiger partial charge in [-0.05, 0) is 50.1 Å². The summed E-state index contributed by atoms with van der Waals surface area (Å²) in [5, 5.41) is 4.32. The molecule has 0 saturated carbocycles. The van der Waals surface area contributed by atoms with E-state index in [1.54, 1.807) is 34.4 Å². The van der Waals surface area contributed by atoms with Crippen LogP contribution in [0, 0.1) is 24.7 Å². The Morgan fingerprint density at radius 2 is 1.87 bits per heavy atom. The monoisotopic (exact) mass is 492 g/mol. The molecule has 0 saturated heterocycles. The van der Waals surface area contributed by atoms with E-state index < -0.39 is 0 Å². The Kier molecular flexibility index (Phi) is 6.46. The Morgan fingerprint density at radius 3 is 2.48 bits per heavy atom. The summed E-state index contributed by atoms with van der Waals surface area (Å²) in [7, 11) is 0. The van der Waals surface area contributed by atoms with Gasteiger partial charge < -0.3 is 24.0 Å². The third kappa shape index (κ3) is 3.44. The van der Waals surface area contributed by atoms with Crippen LogP contribution >= 0.6 is 46.7 Å². The highest BCUT2D eigenvalue weighted by Crippen LogP contribution is 2.26. The maximum absolute atomic E-state index is 5.50. The number of nitrogens with zero attached hydrogens (tertiary/aromatic N) is 2. The van der Waals surface area contributed by atoms with Gasteiger partial charge in [0.1, 0.15) is 0 Å². The van der Waals surface area contributed by atoms with Crippen LogP contribution in [-0.2, 0) is 0 Å². The average Bonchev–Trinajstić information content (AvgIpc) is 3.03. The minimum Gasteiger partial charge on any atom is -1.00 e. The van der Waals surface area contributed by atoms with Gasteiger partial charge in [0.15, 0.2) is 9.65 Å². The number of thiazole rings is 2. The topological polar surface area (TPSA) is 8.81 Å².